The van der Waals surface area contributed by atoms with E-state index in [2.05, 4.69) is 0 Å². The van der Waals surface area contributed by atoms with E-state index in [4.69, 9.17) is 4.74 Å². The molecule has 0 fully saturated rings. The molecule has 0 unspecified atom stereocenters. The van der Waals surface area contributed by atoms with Gasteiger partial charge in [-0.05, 0) is 24.3 Å². The van der Waals surface area contributed by atoms with Crippen LogP contribution in [0.5, 0.6) is 5.75 Å². The molecule has 0 atom stereocenters. The van der Waals surface area contributed by atoms with Gasteiger partial charge < -0.3 is 4.74 Å². The lowest BCUT2D eigenvalue weighted by atomic mass is 10.2. The Morgan fingerprint density at radius 3 is 2.09 bits per heavy atom. The molecule has 0 aliphatic heterocycles. The van der Waals surface area contributed by atoms with Crippen LogP contribution in [0.3, 0.4) is 0 Å². The van der Waals surface area contributed by atoms with Crippen molar-refractivity contribution in [3.63, 3.8) is 0 Å². The summed E-state index contributed by atoms with van der Waals surface area (Å²) in [5, 5.41) is 0. The van der Waals surface area contributed by atoms with Crippen molar-refractivity contribution in [2.75, 3.05) is 7.11 Å². The summed E-state index contributed by atoms with van der Waals surface area (Å²) in [4.78, 5) is 23.9. The van der Waals surface area contributed by atoms with Gasteiger partial charge in [0.15, 0.2) is 0 Å². The summed E-state index contributed by atoms with van der Waals surface area (Å²) in [6.07, 6.45) is 0. The third kappa shape index (κ3) is 4.30. The zero-order valence-corrected chi connectivity index (χ0v) is 13.0. The molecule has 23 heavy (non-hydrogen) atoms. The smallest absolute Gasteiger partial charge is 0.326 e. The van der Waals surface area contributed by atoms with E-state index in [1.165, 1.54) is 31.4 Å². The lowest BCUT2D eigenvalue weighted by Gasteiger charge is -2.10. The average Bonchev–Trinajstić information content (AvgIpc) is 2.54. The first-order chi connectivity index (χ1) is 10.9. The van der Waals surface area contributed by atoms with E-state index in [9.17, 15) is 18.0 Å². The van der Waals surface area contributed by atoms with Gasteiger partial charge in [-0.25, -0.2) is 9.44 Å². The number of rotatable bonds is 5. The lowest BCUT2D eigenvalue weighted by molar-refractivity contribution is 0.0975. The van der Waals surface area contributed by atoms with Gasteiger partial charge in [-0.15, -0.1) is 0 Å². The summed E-state index contributed by atoms with van der Waals surface area (Å²) < 4.78 is 32.3. The SMILES string of the molecule is COc1ccccc1C(=O)NS(=O)(=O)NC(=O)c1ccccc1. The largest absolute Gasteiger partial charge is 0.496 e. The van der Waals surface area contributed by atoms with E-state index in [1.807, 2.05) is 0 Å². The van der Waals surface area contributed by atoms with Crippen molar-refractivity contribution in [2.45, 2.75) is 0 Å². The molecule has 120 valence electrons. The van der Waals surface area contributed by atoms with E-state index >= 15 is 0 Å². The maximum atomic E-state index is 12.0. The minimum atomic E-state index is -4.36. The lowest BCUT2D eigenvalue weighted by Crippen LogP contribution is -2.43. The van der Waals surface area contributed by atoms with Gasteiger partial charge in [0.2, 0.25) is 0 Å². The number of amides is 2. The van der Waals surface area contributed by atoms with E-state index in [0.717, 1.165) is 0 Å². The number of nitrogens with one attached hydrogen (secondary N) is 2. The fourth-order valence-corrected chi connectivity index (χ4v) is 2.57. The monoisotopic (exact) mass is 334 g/mol. The number of carbonyl (C=O) groups is 2. The van der Waals surface area contributed by atoms with Crippen LogP contribution in [0.1, 0.15) is 20.7 Å². The maximum Gasteiger partial charge on any atom is 0.326 e. The summed E-state index contributed by atoms with van der Waals surface area (Å²) in [5.74, 6) is -1.53. The highest BCUT2D eigenvalue weighted by atomic mass is 32.2. The molecule has 2 amide bonds. The average molecular weight is 334 g/mol. The number of para-hydroxylation sites is 1. The van der Waals surface area contributed by atoms with Crippen molar-refractivity contribution in [1.82, 2.24) is 9.44 Å². The van der Waals surface area contributed by atoms with Gasteiger partial charge in [0, 0.05) is 5.56 Å². The second-order valence-electron chi connectivity index (χ2n) is 4.43. The molecule has 0 aromatic heterocycles. The first kappa shape index (κ1) is 16.5. The Labute approximate surface area is 133 Å². The van der Waals surface area contributed by atoms with Crippen molar-refractivity contribution in [2.24, 2.45) is 0 Å². The Hall–Kier alpha value is -2.87. The van der Waals surface area contributed by atoms with E-state index in [1.54, 1.807) is 39.8 Å². The predicted molar refractivity (Wildman–Crippen MR) is 83.3 cm³/mol. The molecule has 8 heteroatoms. The number of carbonyl (C=O) groups excluding carboxylic acids is 2. The number of methoxy groups -OCH3 is 1. The van der Waals surface area contributed by atoms with Gasteiger partial charge in [-0.2, -0.15) is 8.42 Å². The molecule has 0 aliphatic rings. The van der Waals surface area contributed by atoms with Crippen LogP contribution < -0.4 is 14.2 Å². The molecule has 0 radical (unpaired) electrons. The van der Waals surface area contributed by atoms with E-state index in [0.29, 0.717) is 0 Å². The highest BCUT2D eigenvalue weighted by molar-refractivity contribution is 7.88. The van der Waals surface area contributed by atoms with Gasteiger partial charge in [0.05, 0.1) is 12.7 Å². The minimum Gasteiger partial charge on any atom is -0.496 e. The Balaban J connectivity index is 2.12. The molecule has 7 nitrogen and oxygen atoms in total. The third-order valence-electron chi connectivity index (χ3n) is 2.84. The summed E-state index contributed by atoms with van der Waals surface area (Å²) in [5.41, 5.74) is 0.190. The Kier molecular flexibility index (Phi) is 4.97. The van der Waals surface area contributed by atoms with Crippen molar-refractivity contribution in [3.05, 3.63) is 65.7 Å². The van der Waals surface area contributed by atoms with Gasteiger partial charge in [0.1, 0.15) is 5.75 Å². The molecule has 0 spiro atoms. The van der Waals surface area contributed by atoms with Crippen LogP contribution in [0.4, 0.5) is 0 Å². The molecule has 2 rings (SSSR count). The first-order valence-corrected chi connectivity index (χ1v) is 7.98. The van der Waals surface area contributed by atoms with Crippen LogP contribution in [-0.2, 0) is 10.2 Å². The molecule has 0 bridgehead atoms. The standard InChI is InChI=1S/C15H14N2O5S/c1-22-13-10-6-5-9-12(13)15(19)17-23(20,21)16-14(18)11-7-3-2-4-8-11/h2-10H,1H3,(H,16,18)(H,17,19). The van der Waals surface area contributed by atoms with Crippen LogP contribution in [0.2, 0.25) is 0 Å². The normalized spacial score (nSPS) is 10.7. The minimum absolute atomic E-state index is 0.0348. The van der Waals surface area contributed by atoms with Crippen molar-refractivity contribution < 1.29 is 22.7 Å². The van der Waals surface area contributed by atoms with Crippen LogP contribution in [0, 0.1) is 0 Å². The number of hydrogen-bond donors (Lipinski definition) is 2. The quantitative estimate of drug-likeness (QED) is 0.852. The fourth-order valence-electron chi connectivity index (χ4n) is 1.81. The highest BCUT2D eigenvalue weighted by Crippen LogP contribution is 2.17. The molecule has 0 saturated carbocycles. The topological polar surface area (TPSA) is 102 Å². The molecule has 0 aliphatic carbocycles. The van der Waals surface area contributed by atoms with Gasteiger partial charge in [-0.1, -0.05) is 30.3 Å². The molecule has 2 aromatic carbocycles. The zero-order chi connectivity index (χ0) is 16.9. The first-order valence-electron chi connectivity index (χ1n) is 6.50. The third-order valence-corrected chi connectivity index (χ3v) is 3.75. The maximum absolute atomic E-state index is 12.0. The summed E-state index contributed by atoms with van der Waals surface area (Å²) in [6.45, 7) is 0. The van der Waals surface area contributed by atoms with Crippen LogP contribution >= 0.6 is 0 Å². The number of ether oxygens (including phenoxy) is 1. The molecule has 0 saturated heterocycles. The Morgan fingerprint density at radius 1 is 0.870 bits per heavy atom. The second kappa shape index (κ2) is 6.93. The molecule has 2 N–H and O–H groups in total. The van der Waals surface area contributed by atoms with Gasteiger partial charge in [0.25, 0.3) is 11.8 Å². The molecule has 0 heterocycles. The van der Waals surface area contributed by atoms with E-state index in [-0.39, 0.29) is 16.9 Å². The predicted octanol–water partition coefficient (Wildman–Crippen LogP) is 1.10. The van der Waals surface area contributed by atoms with Crippen LogP contribution in [0.15, 0.2) is 54.6 Å². The Morgan fingerprint density at radius 2 is 1.43 bits per heavy atom. The van der Waals surface area contributed by atoms with Gasteiger partial charge in [-0.3, -0.25) is 9.59 Å². The summed E-state index contributed by atoms with van der Waals surface area (Å²) >= 11 is 0. The second-order valence-corrected chi connectivity index (χ2v) is 5.85. The molecular weight excluding hydrogens is 320 g/mol. The van der Waals surface area contributed by atoms with E-state index < -0.39 is 22.0 Å². The summed E-state index contributed by atoms with van der Waals surface area (Å²) in [7, 11) is -3.00. The zero-order valence-electron chi connectivity index (χ0n) is 12.1. The highest BCUT2D eigenvalue weighted by Gasteiger charge is 2.21. The fraction of sp³-hybridized carbons (Fsp3) is 0.0667. The number of hydrogen-bond acceptors (Lipinski definition) is 5. The van der Waals surface area contributed by atoms with Crippen molar-refractivity contribution in [1.29, 1.82) is 0 Å². The summed E-state index contributed by atoms with van der Waals surface area (Å²) in [6, 6.07) is 13.9. The van der Waals surface area contributed by atoms with Gasteiger partial charge >= 0.3 is 10.2 Å². The Bertz CT molecular complexity index is 819. The van der Waals surface area contributed by atoms with Crippen molar-refractivity contribution in [3.8, 4) is 5.75 Å². The molecule has 2 aromatic rings. The van der Waals surface area contributed by atoms with Crippen molar-refractivity contribution >= 4 is 22.0 Å². The molecular formula is C15H14N2O5S. The van der Waals surface area contributed by atoms with Crippen LogP contribution in [0.25, 0.3) is 0 Å². The number of benzene rings is 2. The van der Waals surface area contributed by atoms with Crippen LogP contribution in [-0.4, -0.2) is 27.3 Å².